The number of carbonyl (C=O) groups excluding carboxylic acids is 1. The van der Waals surface area contributed by atoms with E-state index in [4.69, 9.17) is 0 Å². The van der Waals surface area contributed by atoms with Gasteiger partial charge in [-0.25, -0.2) is 0 Å². The number of fused-ring (bicyclic) bond motifs is 1. The van der Waals surface area contributed by atoms with Crippen molar-refractivity contribution >= 4 is 22.7 Å². The van der Waals surface area contributed by atoms with Gasteiger partial charge in [-0.1, -0.05) is 5.21 Å². The minimum Gasteiger partial charge on any atom is -0.692 e. The molecular formula is C7H3N4O5-. The van der Waals surface area contributed by atoms with E-state index < -0.39 is 22.1 Å². The quantitative estimate of drug-likeness (QED) is 0.283. The van der Waals surface area contributed by atoms with Crippen molar-refractivity contribution < 1.29 is 19.7 Å². The van der Waals surface area contributed by atoms with E-state index in [1.165, 1.54) is 0 Å². The van der Waals surface area contributed by atoms with Gasteiger partial charge in [0.1, 0.15) is 0 Å². The van der Waals surface area contributed by atoms with Crippen LogP contribution in [0.2, 0.25) is 0 Å². The van der Waals surface area contributed by atoms with E-state index in [9.17, 15) is 25.2 Å². The smallest absolute Gasteiger partial charge is 0.274 e. The van der Waals surface area contributed by atoms with Gasteiger partial charge in [-0.05, 0) is 0 Å². The molecular weight excluding hydrogens is 220 g/mol. The SMILES string of the molecule is O=C([O-])c1cc([N+](=O)[O-])cc2c1n[nH][n+]2[O-]. The van der Waals surface area contributed by atoms with Crippen LogP contribution in [0.25, 0.3) is 11.0 Å². The zero-order valence-corrected chi connectivity index (χ0v) is 7.54. The van der Waals surface area contributed by atoms with Gasteiger partial charge in [-0.3, -0.25) is 10.1 Å². The Hall–Kier alpha value is -2.71. The second kappa shape index (κ2) is 3.15. The predicted octanol–water partition coefficient (Wildman–Crippen LogP) is -1.53. The van der Waals surface area contributed by atoms with E-state index >= 15 is 0 Å². The minimum absolute atomic E-state index is 0.134. The Bertz CT molecular complexity index is 604. The Morgan fingerprint density at radius 2 is 2.19 bits per heavy atom. The summed E-state index contributed by atoms with van der Waals surface area (Å²) in [7, 11) is 0. The van der Waals surface area contributed by atoms with E-state index in [-0.39, 0.29) is 15.9 Å². The summed E-state index contributed by atoms with van der Waals surface area (Å²) in [4.78, 5) is 20.5. The highest BCUT2D eigenvalue weighted by Crippen LogP contribution is 2.20. The Kier molecular flexibility index (Phi) is 1.94. The first-order valence-electron chi connectivity index (χ1n) is 3.98. The van der Waals surface area contributed by atoms with Gasteiger partial charge < -0.3 is 15.1 Å². The molecule has 0 aliphatic heterocycles. The topological polar surface area (TPSA) is 139 Å². The van der Waals surface area contributed by atoms with Crippen LogP contribution in [0.15, 0.2) is 12.1 Å². The molecule has 0 radical (unpaired) electrons. The van der Waals surface area contributed by atoms with E-state index in [2.05, 4.69) is 5.10 Å². The maximum atomic E-state index is 11.1. The summed E-state index contributed by atoms with van der Waals surface area (Å²) in [5.41, 5.74) is -1.43. The zero-order valence-electron chi connectivity index (χ0n) is 7.54. The van der Waals surface area contributed by atoms with Gasteiger partial charge in [-0.15, -0.1) is 0 Å². The number of nitrogens with zero attached hydrogens (tertiary/aromatic N) is 3. The van der Waals surface area contributed by atoms with Crippen LogP contribution >= 0.6 is 0 Å². The van der Waals surface area contributed by atoms with Crippen molar-refractivity contribution in [3.63, 3.8) is 0 Å². The summed E-state index contributed by atoms with van der Waals surface area (Å²) in [5.74, 6) is -1.64. The monoisotopic (exact) mass is 223 g/mol. The molecule has 0 saturated heterocycles. The number of aromatic carboxylic acids is 1. The van der Waals surface area contributed by atoms with E-state index in [0.29, 0.717) is 0 Å². The Morgan fingerprint density at radius 1 is 1.50 bits per heavy atom. The number of H-pyrrole nitrogens is 1. The molecule has 2 aromatic rings. The zero-order chi connectivity index (χ0) is 11.9. The number of benzene rings is 1. The fraction of sp³-hybridized carbons (Fsp3) is 0. The third-order valence-electron chi connectivity index (χ3n) is 1.98. The van der Waals surface area contributed by atoms with Crippen molar-refractivity contribution in [1.82, 2.24) is 10.3 Å². The first kappa shape index (κ1) is 9.83. The van der Waals surface area contributed by atoms with Gasteiger partial charge in [0.15, 0.2) is 0 Å². The lowest BCUT2D eigenvalue weighted by molar-refractivity contribution is -0.644. The summed E-state index contributed by atoms with van der Waals surface area (Å²) in [6.45, 7) is 0. The largest absolute Gasteiger partial charge is 0.692 e. The van der Waals surface area contributed by atoms with Crippen LogP contribution in [-0.2, 0) is 0 Å². The van der Waals surface area contributed by atoms with E-state index in [1.807, 2.05) is 5.21 Å². The predicted molar refractivity (Wildman–Crippen MR) is 46.0 cm³/mol. The number of non-ortho nitro benzene ring substituents is 1. The van der Waals surface area contributed by atoms with Crippen LogP contribution in [-0.4, -0.2) is 21.2 Å². The standard InChI is InChI=1S/C7H4N4O5/c12-7(13)4-1-3(11(15)16)2-5-6(4)8-9-10(5)14/h1-2,9H,(H,12,13)/p-1. The molecule has 2 rings (SSSR count). The number of rotatable bonds is 2. The Balaban J connectivity index is 2.86. The molecule has 0 aliphatic rings. The highest BCUT2D eigenvalue weighted by atomic mass is 16.6. The molecule has 9 nitrogen and oxygen atoms in total. The maximum Gasteiger partial charge on any atom is 0.274 e. The van der Waals surface area contributed by atoms with Crippen LogP contribution in [0.3, 0.4) is 0 Å². The molecule has 0 unspecified atom stereocenters. The molecule has 0 amide bonds. The molecule has 0 aliphatic carbocycles. The van der Waals surface area contributed by atoms with Crippen LogP contribution < -0.4 is 9.95 Å². The lowest BCUT2D eigenvalue weighted by Crippen LogP contribution is -2.28. The number of carboxylic acids is 1. The number of carbonyl (C=O) groups is 1. The number of aromatic nitrogens is 3. The molecule has 82 valence electrons. The van der Waals surface area contributed by atoms with Gasteiger partial charge >= 0.3 is 0 Å². The van der Waals surface area contributed by atoms with Crippen LogP contribution in [0, 0.1) is 15.3 Å². The summed E-state index contributed by atoms with van der Waals surface area (Å²) >= 11 is 0. The highest BCUT2D eigenvalue weighted by Gasteiger charge is 2.20. The highest BCUT2D eigenvalue weighted by molar-refractivity contribution is 5.99. The number of hydrogen-bond donors (Lipinski definition) is 1. The molecule has 16 heavy (non-hydrogen) atoms. The van der Waals surface area contributed by atoms with Gasteiger partial charge in [0.05, 0.1) is 22.5 Å². The van der Waals surface area contributed by atoms with Crippen molar-refractivity contribution in [2.24, 2.45) is 0 Å². The normalized spacial score (nSPS) is 10.5. The maximum absolute atomic E-state index is 11.1. The van der Waals surface area contributed by atoms with Crippen molar-refractivity contribution in [1.29, 1.82) is 0 Å². The molecule has 1 N–H and O–H groups in total. The van der Waals surface area contributed by atoms with Crippen LogP contribution in [0.4, 0.5) is 5.69 Å². The molecule has 0 saturated carbocycles. The van der Waals surface area contributed by atoms with Gasteiger partial charge in [0.2, 0.25) is 5.52 Å². The van der Waals surface area contributed by atoms with Crippen LogP contribution in [0.5, 0.6) is 0 Å². The third-order valence-corrected chi connectivity index (χ3v) is 1.98. The van der Waals surface area contributed by atoms with E-state index in [0.717, 1.165) is 12.1 Å². The van der Waals surface area contributed by atoms with Gasteiger partial charge in [0, 0.05) is 11.2 Å². The molecule has 0 spiro atoms. The van der Waals surface area contributed by atoms with Crippen molar-refractivity contribution in [3.8, 4) is 0 Å². The molecule has 0 bridgehead atoms. The van der Waals surface area contributed by atoms with E-state index in [1.54, 1.807) is 0 Å². The second-order valence-electron chi connectivity index (χ2n) is 2.91. The summed E-state index contributed by atoms with van der Waals surface area (Å²) in [5, 5.41) is 37.7. The lowest BCUT2D eigenvalue weighted by atomic mass is 10.1. The molecule has 1 heterocycles. The lowest BCUT2D eigenvalue weighted by Gasteiger charge is -2.00. The first-order valence-corrected chi connectivity index (χ1v) is 3.98. The number of carboxylic acid groups (broad SMARTS) is 1. The molecule has 0 fully saturated rings. The Morgan fingerprint density at radius 3 is 2.75 bits per heavy atom. The number of aromatic amines is 1. The molecule has 1 aromatic heterocycles. The molecule has 1 aromatic carbocycles. The van der Waals surface area contributed by atoms with Gasteiger partial charge in [0.25, 0.3) is 11.2 Å². The Labute approximate surface area is 86.6 Å². The summed E-state index contributed by atoms with van der Waals surface area (Å²) < 4.78 is 0. The summed E-state index contributed by atoms with van der Waals surface area (Å²) in [6, 6.07) is 1.72. The van der Waals surface area contributed by atoms with Crippen LogP contribution in [0.1, 0.15) is 10.4 Å². The molecule has 9 heteroatoms. The number of nitrogens with one attached hydrogen (secondary N) is 1. The van der Waals surface area contributed by atoms with Crippen molar-refractivity contribution in [2.45, 2.75) is 0 Å². The minimum atomic E-state index is -1.64. The fourth-order valence-corrected chi connectivity index (χ4v) is 1.29. The molecule has 0 atom stereocenters. The third kappa shape index (κ3) is 1.30. The first-order chi connectivity index (χ1) is 7.50. The number of hydrogen-bond acceptors (Lipinski definition) is 6. The second-order valence-corrected chi connectivity index (χ2v) is 2.91. The average Bonchev–Trinajstić information content (AvgIpc) is 2.59. The van der Waals surface area contributed by atoms with Crippen molar-refractivity contribution in [3.05, 3.63) is 33.0 Å². The number of nitro benzene ring substituents is 1. The fourth-order valence-electron chi connectivity index (χ4n) is 1.29. The summed E-state index contributed by atoms with van der Waals surface area (Å²) in [6.07, 6.45) is 0. The average molecular weight is 223 g/mol. The van der Waals surface area contributed by atoms with Crippen molar-refractivity contribution in [2.75, 3.05) is 0 Å². The number of nitro groups is 1. The van der Waals surface area contributed by atoms with Gasteiger partial charge in [-0.2, -0.15) is 4.85 Å².